The maximum atomic E-state index is 14.4. The highest BCUT2D eigenvalue weighted by atomic mass is 35.5. The lowest BCUT2D eigenvalue weighted by Crippen LogP contribution is -2.44. The normalized spacial score (nSPS) is 14.7. The van der Waals surface area contributed by atoms with Crippen LogP contribution in [-0.2, 0) is 20.7 Å². The molecular formula is C24H26ClFO3. The highest BCUT2D eigenvalue weighted by Crippen LogP contribution is 2.43. The third kappa shape index (κ3) is 5.12. The van der Waals surface area contributed by atoms with E-state index in [9.17, 15) is 14.0 Å². The first-order chi connectivity index (χ1) is 13.5. The molecule has 154 valence electrons. The Labute approximate surface area is 176 Å². The van der Waals surface area contributed by atoms with E-state index in [2.05, 4.69) is 0 Å². The third-order valence-electron chi connectivity index (χ3n) is 5.23. The number of hydrogen-bond acceptors (Lipinski definition) is 3. The Morgan fingerprint density at radius 1 is 1.17 bits per heavy atom. The number of carbonyl (C=O) groups is 2. The average Bonchev–Trinajstić information content (AvgIpc) is 3.46. The zero-order chi connectivity index (χ0) is 21.4. The second kappa shape index (κ2) is 8.00. The van der Waals surface area contributed by atoms with Crippen molar-refractivity contribution in [1.29, 1.82) is 0 Å². The molecule has 0 radical (unpaired) electrons. The highest BCUT2D eigenvalue weighted by Gasteiger charge is 2.36. The number of halogens is 2. The van der Waals surface area contributed by atoms with Crippen molar-refractivity contribution in [2.75, 3.05) is 0 Å². The summed E-state index contributed by atoms with van der Waals surface area (Å²) in [5, 5.41) is 0.341. The Hall–Kier alpha value is -2.04. The Morgan fingerprint density at radius 3 is 2.45 bits per heavy atom. The molecule has 1 saturated carbocycles. The fourth-order valence-electron chi connectivity index (χ4n) is 3.57. The van der Waals surface area contributed by atoms with Gasteiger partial charge in [-0.15, -0.1) is 0 Å². The summed E-state index contributed by atoms with van der Waals surface area (Å²) in [5.74, 6) is -0.0780. The first-order valence-electron chi connectivity index (χ1n) is 9.80. The lowest BCUT2D eigenvalue weighted by Gasteiger charge is -2.31. The van der Waals surface area contributed by atoms with E-state index in [1.165, 1.54) is 6.07 Å². The number of benzene rings is 2. The van der Waals surface area contributed by atoms with E-state index in [0.717, 1.165) is 24.0 Å². The smallest absolute Gasteiger partial charge is 0.168 e. The Kier molecular flexibility index (Phi) is 5.98. The van der Waals surface area contributed by atoms with Crippen LogP contribution in [-0.4, -0.2) is 23.3 Å². The standard InChI is InChI=1S/C24H26ClFO3/c1-23(2,14-27)29-24(3,4)22(28)12-17-11-16(7-9-19(17)15-5-6-15)20-10-8-18(25)13-21(20)26/h7-11,13-15H,5-6,12H2,1-4H3. The van der Waals surface area contributed by atoms with Gasteiger partial charge in [-0.05, 0) is 81.3 Å². The van der Waals surface area contributed by atoms with Gasteiger partial charge >= 0.3 is 0 Å². The van der Waals surface area contributed by atoms with E-state index in [-0.39, 0.29) is 12.2 Å². The summed E-state index contributed by atoms with van der Waals surface area (Å²) in [4.78, 5) is 24.3. The Balaban J connectivity index is 1.93. The van der Waals surface area contributed by atoms with Gasteiger partial charge in [0.1, 0.15) is 17.0 Å². The fraction of sp³-hybridized carbons (Fsp3) is 0.417. The summed E-state index contributed by atoms with van der Waals surface area (Å²) in [6, 6.07) is 10.4. The minimum atomic E-state index is -1.12. The zero-order valence-corrected chi connectivity index (χ0v) is 18.0. The van der Waals surface area contributed by atoms with Crippen LogP contribution in [0.5, 0.6) is 0 Å². The molecule has 0 saturated heterocycles. The van der Waals surface area contributed by atoms with Crippen LogP contribution < -0.4 is 0 Å². The molecular weight excluding hydrogens is 391 g/mol. The minimum Gasteiger partial charge on any atom is -0.354 e. The van der Waals surface area contributed by atoms with E-state index >= 15 is 0 Å². The Bertz CT molecular complexity index is 945. The molecule has 2 aromatic rings. The number of rotatable bonds is 8. The lowest BCUT2D eigenvalue weighted by atomic mass is 9.89. The SMILES string of the molecule is CC(C)(C=O)OC(C)(C)C(=O)Cc1cc(-c2ccc(Cl)cc2F)ccc1C1CC1. The topological polar surface area (TPSA) is 43.4 Å². The second-order valence-electron chi connectivity index (χ2n) is 8.75. The fourth-order valence-corrected chi connectivity index (χ4v) is 3.73. The first kappa shape index (κ1) is 21.7. The van der Waals surface area contributed by atoms with E-state index in [0.29, 0.717) is 28.4 Å². The molecule has 3 rings (SSSR count). The molecule has 0 heterocycles. The predicted octanol–water partition coefficient (Wildman–Crippen LogP) is 5.91. The van der Waals surface area contributed by atoms with Gasteiger partial charge in [0.15, 0.2) is 12.1 Å². The lowest BCUT2D eigenvalue weighted by molar-refractivity contribution is -0.162. The Morgan fingerprint density at radius 2 is 1.86 bits per heavy atom. The largest absolute Gasteiger partial charge is 0.354 e. The molecule has 1 aliphatic rings. The predicted molar refractivity (Wildman–Crippen MR) is 113 cm³/mol. The van der Waals surface area contributed by atoms with Crippen molar-refractivity contribution in [3.63, 3.8) is 0 Å². The van der Waals surface area contributed by atoms with Gasteiger partial charge < -0.3 is 9.53 Å². The van der Waals surface area contributed by atoms with E-state index in [1.807, 2.05) is 18.2 Å². The average molecular weight is 417 g/mol. The molecule has 0 amide bonds. The van der Waals surface area contributed by atoms with Gasteiger partial charge in [0, 0.05) is 17.0 Å². The summed E-state index contributed by atoms with van der Waals surface area (Å²) < 4.78 is 20.2. The first-order valence-corrected chi connectivity index (χ1v) is 10.2. The van der Waals surface area contributed by atoms with Crippen LogP contribution >= 0.6 is 11.6 Å². The number of hydrogen-bond donors (Lipinski definition) is 0. The summed E-state index contributed by atoms with van der Waals surface area (Å²) >= 11 is 5.87. The van der Waals surface area contributed by atoms with Crippen molar-refractivity contribution in [3.05, 3.63) is 58.4 Å². The van der Waals surface area contributed by atoms with Gasteiger partial charge in [0.2, 0.25) is 0 Å². The van der Waals surface area contributed by atoms with Crippen LogP contribution in [0.15, 0.2) is 36.4 Å². The van der Waals surface area contributed by atoms with Gasteiger partial charge in [0.05, 0.1) is 0 Å². The van der Waals surface area contributed by atoms with Gasteiger partial charge in [-0.3, -0.25) is 4.79 Å². The van der Waals surface area contributed by atoms with E-state index in [4.69, 9.17) is 16.3 Å². The maximum absolute atomic E-state index is 14.4. The molecule has 0 bridgehead atoms. The van der Waals surface area contributed by atoms with Crippen molar-refractivity contribution in [1.82, 2.24) is 0 Å². The van der Waals surface area contributed by atoms with Crippen molar-refractivity contribution in [2.45, 2.75) is 64.1 Å². The summed E-state index contributed by atoms with van der Waals surface area (Å²) in [6.45, 7) is 6.63. The minimum absolute atomic E-state index is 0.122. The number of ketones is 1. The van der Waals surface area contributed by atoms with Crippen LogP contribution in [0.3, 0.4) is 0 Å². The van der Waals surface area contributed by atoms with Crippen LogP contribution in [0.25, 0.3) is 11.1 Å². The number of aldehydes is 1. The molecule has 0 unspecified atom stereocenters. The highest BCUT2D eigenvalue weighted by molar-refractivity contribution is 6.30. The quantitative estimate of drug-likeness (QED) is 0.502. The van der Waals surface area contributed by atoms with Crippen LogP contribution in [0.2, 0.25) is 5.02 Å². The van der Waals surface area contributed by atoms with Crippen molar-refractivity contribution in [2.24, 2.45) is 0 Å². The van der Waals surface area contributed by atoms with Gasteiger partial charge in [0.25, 0.3) is 0 Å². The number of Topliss-reactive ketones (excluding diaryl/α,β-unsaturated/α-hetero) is 1. The molecule has 5 heteroatoms. The van der Waals surface area contributed by atoms with Gasteiger partial charge in [-0.2, -0.15) is 0 Å². The van der Waals surface area contributed by atoms with Crippen LogP contribution in [0.1, 0.15) is 57.6 Å². The monoisotopic (exact) mass is 416 g/mol. The summed E-state index contributed by atoms with van der Waals surface area (Å²) in [6.07, 6.45) is 3.04. The van der Waals surface area contributed by atoms with Crippen molar-refractivity contribution < 1.29 is 18.7 Å². The number of ether oxygens (including phenoxy) is 1. The molecule has 1 fully saturated rings. The molecule has 0 atom stereocenters. The molecule has 0 spiro atoms. The van der Waals surface area contributed by atoms with Gasteiger partial charge in [-0.25, -0.2) is 4.39 Å². The maximum Gasteiger partial charge on any atom is 0.168 e. The van der Waals surface area contributed by atoms with Crippen molar-refractivity contribution >= 4 is 23.7 Å². The van der Waals surface area contributed by atoms with Crippen LogP contribution in [0, 0.1) is 5.82 Å². The second-order valence-corrected chi connectivity index (χ2v) is 9.18. The van der Waals surface area contributed by atoms with E-state index in [1.54, 1.807) is 39.8 Å². The van der Waals surface area contributed by atoms with Crippen LogP contribution in [0.4, 0.5) is 4.39 Å². The van der Waals surface area contributed by atoms with Crippen molar-refractivity contribution in [3.8, 4) is 11.1 Å². The van der Waals surface area contributed by atoms with Gasteiger partial charge in [-0.1, -0.05) is 29.8 Å². The van der Waals surface area contributed by atoms with E-state index < -0.39 is 17.0 Å². The molecule has 0 aromatic heterocycles. The molecule has 0 aliphatic heterocycles. The molecule has 1 aliphatic carbocycles. The molecule has 29 heavy (non-hydrogen) atoms. The molecule has 0 N–H and O–H groups in total. The third-order valence-corrected chi connectivity index (χ3v) is 5.46. The zero-order valence-electron chi connectivity index (χ0n) is 17.2. The summed E-state index contributed by atoms with van der Waals surface area (Å²) in [5.41, 5.74) is 0.993. The summed E-state index contributed by atoms with van der Waals surface area (Å²) in [7, 11) is 0. The number of carbonyl (C=O) groups excluding carboxylic acids is 2. The molecule has 3 nitrogen and oxygen atoms in total. The molecule has 2 aromatic carbocycles.